The summed E-state index contributed by atoms with van der Waals surface area (Å²) < 4.78 is 5.41. The fourth-order valence-corrected chi connectivity index (χ4v) is 4.47. The van der Waals surface area contributed by atoms with E-state index < -0.39 is 0 Å². The molecule has 0 aliphatic carbocycles. The molecule has 26 heavy (non-hydrogen) atoms. The summed E-state index contributed by atoms with van der Waals surface area (Å²) in [6.45, 7) is 5.88. The number of aliphatic hydroxyl groups excluding tert-OH is 1. The molecule has 1 aromatic carbocycles. The first-order valence-electron chi connectivity index (χ1n) is 8.93. The predicted octanol–water partition coefficient (Wildman–Crippen LogP) is 3.29. The molecule has 0 saturated carbocycles. The van der Waals surface area contributed by atoms with Crippen molar-refractivity contribution in [3.63, 3.8) is 0 Å². The molecule has 1 aromatic heterocycles. The molecule has 2 heterocycles. The van der Waals surface area contributed by atoms with Gasteiger partial charge in [-0.15, -0.1) is 11.3 Å². The van der Waals surface area contributed by atoms with Crippen molar-refractivity contribution >= 4 is 17.2 Å². The molecule has 0 unspecified atom stereocenters. The second kappa shape index (κ2) is 7.86. The zero-order valence-corrected chi connectivity index (χ0v) is 16.4. The van der Waals surface area contributed by atoms with Gasteiger partial charge in [0.05, 0.1) is 22.2 Å². The van der Waals surface area contributed by atoms with E-state index in [4.69, 9.17) is 4.74 Å². The number of carbonyl (C=O) groups is 1. The number of benzene rings is 1. The van der Waals surface area contributed by atoms with Gasteiger partial charge in [0.2, 0.25) is 0 Å². The van der Waals surface area contributed by atoms with Crippen LogP contribution in [0.3, 0.4) is 0 Å². The largest absolute Gasteiger partial charge is 0.396 e. The van der Waals surface area contributed by atoms with Crippen molar-refractivity contribution in [2.24, 2.45) is 5.41 Å². The van der Waals surface area contributed by atoms with Crippen LogP contribution in [0.15, 0.2) is 24.3 Å². The summed E-state index contributed by atoms with van der Waals surface area (Å²) in [5, 5.41) is 10.9. The number of aryl methyl sites for hydroxylation is 2. The highest BCUT2D eigenvalue weighted by Crippen LogP contribution is 2.32. The van der Waals surface area contributed by atoms with Crippen molar-refractivity contribution in [2.75, 3.05) is 33.4 Å². The molecule has 5 nitrogen and oxygen atoms in total. The number of amides is 1. The van der Waals surface area contributed by atoms with Crippen molar-refractivity contribution in [3.05, 3.63) is 40.5 Å². The topological polar surface area (TPSA) is 62.7 Å². The number of hydrogen-bond acceptors (Lipinski definition) is 5. The lowest BCUT2D eigenvalue weighted by atomic mass is 9.80. The minimum absolute atomic E-state index is 0.0231. The summed E-state index contributed by atoms with van der Waals surface area (Å²) in [7, 11) is 1.81. The first-order chi connectivity index (χ1) is 12.4. The van der Waals surface area contributed by atoms with Gasteiger partial charge in [-0.25, -0.2) is 4.98 Å². The third-order valence-electron chi connectivity index (χ3n) is 5.08. The Bertz CT molecular complexity index is 781. The zero-order chi connectivity index (χ0) is 18.7. The van der Waals surface area contributed by atoms with Gasteiger partial charge in [0.25, 0.3) is 5.91 Å². The summed E-state index contributed by atoms with van der Waals surface area (Å²) in [6.07, 6.45) is 1.56. The monoisotopic (exact) mass is 374 g/mol. The van der Waals surface area contributed by atoms with Gasteiger partial charge in [-0.3, -0.25) is 4.79 Å². The Morgan fingerprint density at radius 2 is 2.08 bits per heavy atom. The second-order valence-corrected chi connectivity index (χ2v) is 8.36. The summed E-state index contributed by atoms with van der Waals surface area (Å²) >= 11 is 1.64. The Hall–Kier alpha value is -1.76. The molecule has 2 aromatic rings. The van der Waals surface area contributed by atoms with Crippen LogP contribution in [-0.2, 0) is 4.74 Å². The highest BCUT2D eigenvalue weighted by atomic mass is 32.1. The zero-order valence-electron chi connectivity index (χ0n) is 15.6. The third-order valence-corrected chi connectivity index (χ3v) is 6.21. The molecule has 140 valence electrons. The van der Waals surface area contributed by atoms with Crippen molar-refractivity contribution in [1.82, 2.24) is 9.88 Å². The number of nitrogens with zero attached hydrogens (tertiary/aromatic N) is 2. The molecule has 0 radical (unpaired) electrons. The first kappa shape index (κ1) is 19.0. The lowest BCUT2D eigenvalue weighted by Gasteiger charge is -2.38. The third kappa shape index (κ3) is 3.98. The van der Waals surface area contributed by atoms with E-state index in [2.05, 4.69) is 4.98 Å². The van der Waals surface area contributed by atoms with Gasteiger partial charge in [0.1, 0.15) is 0 Å². The summed E-state index contributed by atoms with van der Waals surface area (Å²) in [5.74, 6) is -0.0231. The van der Waals surface area contributed by atoms with Gasteiger partial charge in [-0.2, -0.15) is 0 Å². The van der Waals surface area contributed by atoms with Crippen molar-refractivity contribution in [3.8, 4) is 10.4 Å². The lowest BCUT2D eigenvalue weighted by molar-refractivity contribution is -0.0282. The van der Waals surface area contributed by atoms with Crippen molar-refractivity contribution < 1.29 is 14.6 Å². The minimum atomic E-state index is -0.258. The van der Waals surface area contributed by atoms with Crippen LogP contribution < -0.4 is 0 Å². The van der Waals surface area contributed by atoms with Crippen molar-refractivity contribution in [1.29, 1.82) is 0 Å². The van der Waals surface area contributed by atoms with Gasteiger partial charge in [0.15, 0.2) is 0 Å². The van der Waals surface area contributed by atoms with Crippen LogP contribution in [0.5, 0.6) is 0 Å². The second-order valence-electron chi connectivity index (χ2n) is 7.16. The van der Waals surface area contributed by atoms with E-state index in [0.717, 1.165) is 34.0 Å². The van der Waals surface area contributed by atoms with Crippen LogP contribution in [0, 0.1) is 19.3 Å². The maximum Gasteiger partial charge on any atom is 0.253 e. The normalized spacial score (nSPS) is 16.5. The standard InChI is InChI=1S/C20H26N2O3S/c1-14-18(26-15(2)21-14)16-5-4-6-17(11-16)19(24)22(3)12-20(13-23)7-9-25-10-8-20/h4-6,11,23H,7-10,12-13H2,1-3H3. The van der Waals surface area contributed by atoms with Crippen LogP contribution in [0.4, 0.5) is 0 Å². The van der Waals surface area contributed by atoms with Gasteiger partial charge in [-0.1, -0.05) is 12.1 Å². The molecular formula is C20H26N2O3S. The number of aromatic nitrogens is 1. The molecule has 6 heteroatoms. The molecule has 1 aliphatic rings. The quantitative estimate of drug-likeness (QED) is 0.872. The molecule has 0 bridgehead atoms. The molecular weight excluding hydrogens is 348 g/mol. The number of hydrogen-bond donors (Lipinski definition) is 1. The molecule has 3 rings (SSSR count). The Morgan fingerprint density at radius 3 is 2.69 bits per heavy atom. The number of carbonyl (C=O) groups excluding carboxylic acids is 1. The molecule has 1 amide bonds. The smallest absolute Gasteiger partial charge is 0.253 e. The van der Waals surface area contributed by atoms with E-state index in [1.165, 1.54) is 0 Å². The van der Waals surface area contributed by atoms with E-state index >= 15 is 0 Å². The summed E-state index contributed by atoms with van der Waals surface area (Å²) in [5.41, 5.74) is 2.42. The first-order valence-corrected chi connectivity index (χ1v) is 9.74. The molecule has 1 aliphatic heterocycles. The number of aliphatic hydroxyl groups is 1. The minimum Gasteiger partial charge on any atom is -0.396 e. The molecule has 0 atom stereocenters. The van der Waals surface area contributed by atoms with E-state index in [-0.39, 0.29) is 17.9 Å². The predicted molar refractivity (Wildman–Crippen MR) is 104 cm³/mol. The Morgan fingerprint density at radius 1 is 1.35 bits per heavy atom. The van der Waals surface area contributed by atoms with Crippen LogP contribution in [0.1, 0.15) is 33.9 Å². The number of ether oxygens (including phenoxy) is 1. The van der Waals surface area contributed by atoms with Crippen LogP contribution >= 0.6 is 11.3 Å². The Balaban J connectivity index is 1.79. The van der Waals surface area contributed by atoms with E-state index in [1.807, 2.05) is 45.2 Å². The highest BCUT2D eigenvalue weighted by molar-refractivity contribution is 7.15. The maximum absolute atomic E-state index is 13.0. The van der Waals surface area contributed by atoms with Gasteiger partial charge in [-0.05, 0) is 44.4 Å². The SMILES string of the molecule is Cc1nc(C)c(-c2cccc(C(=O)N(C)CC3(CO)CCOCC3)c2)s1. The fraction of sp³-hybridized carbons (Fsp3) is 0.500. The maximum atomic E-state index is 13.0. The number of rotatable bonds is 5. The molecule has 1 N–H and O–H groups in total. The highest BCUT2D eigenvalue weighted by Gasteiger charge is 2.34. The summed E-state index contributed by atoms with van der Waals surface area (Å²) in [4.78, 5) is 20.3. The Labute approximate surface area is 158 Å². The molecule has 1 saturated heterocycles. The van der Waals surface area contributed by atoms with Crippen molar-refractivity contribution in [2.45, 2.75) is 26.7 Å². The average Bonchev–Trinajstić information content (AvgIpc) is 3.00. The van der Waals surface area contributed by atoms with Gasteiger partial charge >= 0.3 is 0 Å². The molecule has 1 fully saturated rings. The van der Waals surface area contributed by atoms with E-state index in [9.17, 15) is 9.90 Å². The van der Waals surface area contributed by atoms with E-state index in [0.29, 0.717) is 25.3 Å². The summed E-state index contributed by atoms with van der Waals surface area (Å²) in [6, 6.07) is 7.72. The fourth-order valence-electron chi connectivity index (χ4n) is 3.56. The van der Waals surface area contributed by atoms with Crippen LogP contribution in [0.25, 0.3) is 10.4 Å². The van der Waals surface area contributed by atoms with Crippen LogP contribution in [0.2, 0.25) is 0 Å². The van der Waals surface area contributed by atoms with Gasteiger partial charge < -0.3 is 14.7 Å². The van der Waals surface area contributed by atoms with Gasteiger partial charge in [0, 0.05) is 37.8 Å². The van der Waals surface area contributed by atoms with Crippen LogP contribution in [-0.4, -0.2) is 54.3 Å². The lowest BCUT2D eigenvalue weighted by Crippen LogP contribution is -2.44. The van der Waals surface area contributed by atoms with E-state index in [1.54, 1.807) is 16.2 Å². The Kier molecular flexibility index (Phi) is 5.75. The number of thiazole rings is 1. The average molecular weight is 375 g/mol. The molecule has 0 spiro atoms.